The number of hydrogen-bond donors (Lipinski definition) is 1. The lowest BCUT2D eigenvalue weighted by Gasteiger charge is -2.08. The van der Waals surface area contributed by atoms with Crippen molar-refractivity contribution in [3.05, 3.63) is 63.5 Å². The van der Waals surface area contributed by atoms with E-state index in [2.05, 4.69) is 20.3 Å². The van der Waals surface area contributed by atoms with Gasteiger partial charge >= 0.3 is 0 Å². The van der Waals surface area contributed by atoms with Crippen LogP contribution in [0, 0.1) is 0 Å². The second-order valence-electron chi connectivity index (χ2n) is 5.21. The van der Waals surface area contributed by atoms with Gasteiger partial charge in [-0.3, -0.25) is 19.5 Å². The maximum atomic E-state index is 12.6. The van der Waals surface area contributed by atoms with Crippen LogP contribution in [0.2, 0.25) is 0 Å². The van der Waals surface area contributed by atoms with Gasteiger partial charge in [0.1, 0.15) is 0 Å². The molecule has 7 heteroatoms. The van der Waals surface area contributed by atoms with E-state index in [1.165, 1.54) is 4.88 Å². The molecule has 1 aliphatic heterocycles. The van der Waals surface area contributed by atoms with E-state index in [0.29, 0.717) is 11.4 Å². The van der Waals surface area contributed by atoms with Crippen LogP contribution in [0.4, 0.5) is 0 Å². The molecule has 3 aromatic heterocycles. The van der Waals surface area contributed by atoms with Gasteiger partial charge in [0.05, 0.1) is 32.4 Å². The quantitative estimate of drug-likeness (QED) is 0.782. The molecule has 0 aliphatic carbocycles. The second kappa shape index (κ2) is 6.72. The highest BCUT2D eigenvalue weighted by atomic mass is 32.2. The maximum absolute atomic E-state index is 12.6. The van der Waals surface area contributed by atoms with Crippen LogP contribution in [0.5, 0.6) is 0 Å². The van der Waals surface area contributed by atoms with Crippen LogP contribution in [0.3, 0.4) is 0 Å². The number of aromatic nitrogens is 2. The van der Waals surface area contributed by atoms with Crippen molar-refractivity contribution in [2.75, 3.05) is 0 Å². The Balaban J connectivity index is 1.50. The van der Waals surface area contributed by atoms with E-state index in [0.717, 1.165) is 16.7 Å². The summed E-state index contributed by atoms with van der Waals surface area (Å²) < 4.78 is 12.6. The molecule has 4 heterocycles. The smallest absolute Gasteiger partial charge is 0.180 e. The third-order valence-electron chi connectivity index (χ3n) is 3.57. The number of nitrogens with zero attached hydrogens (tertiary/aromatic N) is 3. The van der Waals surface area contributed by atoms with E-state index >= 15 is 0 Å². The van der Waals surface area contributed by atoms with Crippen molar-refractivity contribution in [2.45, 2.75) is 12.0 Å². The third kappa shape index (κ3) is 3.19. The van der Waals surface area contributed by atoms with Gasteiger partial charge in [-0.15, -0.1) is 11.3 Å². The minimum absolute atomic E-state index is 0.402. The van der Waals surface area contributed by atoms with Crippen molar-refractivity contribution >= 4 is 45.5 Å². The van der Waals surface area contributed by atoms with Crippen LogP contribution in [0.15, 0.2) is 57.9 Å². The second-order valence-corrected chi connectivity index (χ2v) is 7.76. The summed E-state index contributed by atoms with van der Waals surface area (Å²) >= 11 is 1.67. The Morgan fingerprint density at radius 2 is 2.17 bits per heavy atom. The molecule has 24 heavy (non-hydrogen) atoms. The minimum Gasteiger partial charge on any atom is -0.280 e. The highest BCUT2D eigenvalue weighted by Gasteiger charge is 2.23. The molecule has 3 aromatic rings. The fraction of sp³-hybridized carbons (Fsp3) is 0.118. The molecule has 0 saturated heterocycles. The standard InChI is InChI=1S/C17H14N4OS2/c22-24-14(11-20-17(24)19-10-13-3-2-8-23-13)9-12-5-6-15-16(21-12)4-1-7-18-15/h1-9,11,17,19H,10H2. The van der Waals surface area contributed by atoms with Gasteiger partial charge in [0, 0.05) is 23.8 Å². The van der Waals surface area contributed by atoms with E-state index in [-0.39, 0.29) is 0 Å². The number of thiophene rings is 1. The average molecular weight is 354 g/mol. The molecule has 2 atom stereocenters. The zero-order valence-corrected chi connectivity index (χ0v) is 14.3. The molecule has 0 spiro atoms. The molecule has 1 N–H and O–H groups in total. The van der Waals surface area contributed by atoms with Gasteiger partial charge in [0.2, 0.25) is 0 Å². The summed E-state index contributed by atoms with van der Waals surface area (Å²) in [4.78, 5) is 15.0. The summed E-state index contributed by atoms with van der Waals surface area (Å²) in [6.07, 6.45) is 5.22. The fourth-order valence-electron chi connectivity index (χ4n) is 2.40. The van der Waals surface area contributed by atoms with E-state index in [1.807, 2.05) is 47.9 Å². The van der Waals surface area contributed by atoms with Gasteiger partial charge < -0.3 is 0 Å². The van der Waals surface area contributed by atoms with Crippen molar-refractivity contribution in [3.8, 4) is 0 Å². The van der Waals surface area contributed by atoms with E-state index in [4.69, 9.17) is 0 Å². The number of hydrogen-bond acceptors (Lipinski definition) is 6. The van der Waals surface area contributed by atoms with Gasteiger partial charge in [-0.1, -0.05) is 6.07 Å². The van der Waals surface area contributed by atoms with Gasteiger partial charge in [0.15, 0.2) is 5.50 Å². The number of rotatable bonds is 4. The van der Waals surface area contributed by atoms with E-state index < -0.39 is 16.3 Å². The predicted molar refractivity (Wildman–Crippen MR) is 99.1 cm³/mol. The zero-order chi connectivity index (χ0) is 16.4. The lowest BCUT2D eigenvalue weighted by molar-refractivity contribution is 0.634. The Hall–Kier alpha value is -2.22. The minimum atomic E-state index is -1.22. The normalized spacial score (nSPS) is 21.8. The van der Waals surface area contributed by atoms with Crippen LogP contribution < -0.4 is 5.32 Å². The number of allylic oxidation sites excluding steroid dienone is 1. The van der Waals surface area contributed by atoms with Crippen molar-refractivity contribution in [1.82, 2.24) is 15.3 Å². The SMILES string of the molecule is O=S1C(=Cc2ccc3ncccc3n2)C=NC1NCc1cccs1. The molecule has 0 aromatic carbocycles. The molecule has 0 radical (unpaired) electrons. The molecule has 0 amide bonds. The van der Waals surface area contributed by atoms with E-state index in [1.54, 1.807) is 23.7 Å². The summed E-state index contributed by atoms with van der Waals surface area (Å²) in [5.41, 5.74) is 2.01. The van der Waals surface area contributed by atoms with Crippen LogP contribution in [0.1, 0.15) is 10.6 Å². The molecule has 120 valence electrons. The summed E-state index contributed by atoms with van der Waals surface area (Å²) in [5, 5.41) is 5.25. The largest absolute Gasteiger partial charge is 0.280 e. The molecule has 5 nitrogen and oxygen atoms in total. The zero-order valence-electron chi connectivity index (χ0n) is 12.6. The first-order valence-electron chi connectivity index (χ1n) is 7.42. The highest BCUT2D eigenvalue weighted by Crippen LogP contribution is 2.19. The monoisotopic (exact) mass is 354 g/mol. The highest BCUT2D eigenvalue weighted by molar-refractivity contribution is 7.91. The van der Waals surface area contributed by atoms with Crippen LogP contribution in [0.25, 0.3) is 17.1 Å². The Morgan fingerprint density at radius 3 is 3.04 bits per heavy atom. The van der Waals surface area contributed by atoms with Gasteiger partial charge in [-0.25, -0.2) is 4.98 Å². The molecule has 4 rings (SSSR count). The van der Waals surface area contributed by atoms with E-state index in [9.17, 15) is 4.21 Å². The Labute approximate surface area is 145 Å². The topological polar surface area (TPSA) is 67.2 Å². The molecule has 2 unspecified atom stereocenters. The summed E-state index contributed by atoms with van der Waals surface area (Å²) in [5.74, 6) is 0. The summed E-state index contributed by atoms with van der Waals surface area (Å²) in [6, 6.07) is 11.6. The lowest BCUT2D eigenvalue weighted by Crippen LogP contribution is -2.28. The molecular formula is C17H14N4OS2. The van der Waals surface area contributed by atoms with Gasteiger partial charge in [-0.2, -0.15) is 0 Å². The molecule has 0 fully saturated rings. The van der Waals surface area contributed by atoms with Crippen LogP contribution in [-0.2, 0) is 17.3 Å². The average Bonchev–Trinajstić information content (AvgIpc) is 3.24. The third-order valence-corrected chi connectivity index (χ3v) is 5.83. The van der Waals surface area contributed by atoms with Gasteiger partial charge in [-0.05, 0) is 41.8 Å². The Morgan fingerprint density at radius 1 is 1.21 bits per heavy atom. The molecule has 0 bridgehead atoms. The molecular weight excluding hydrogens is 340 g/mol. The maximum Gasteiger partial charge on any atom is 0.180 e. The van der Waals surface area contributed by atoms with Gasteiger partial charge in [0.25, 0.3) is 0 Å². The first-order valence-corrected chi connectivity index (χ1v) is 9.52. The Bertz CT molecular complexity index is 950. The van der Waals surface area contributed by atoms with Crippen molar-refractivity contribution in [1.29, 1.82) is 0 Å². The van der Waals surface area contributed by atoms with Crippen molar-refractivity contribution in [2.24, 2.45) is 4.99 Å². The van der Waals surface area contributed by atoms with Crippen molar-refractivity contribution < 1.29 is 4.21 Å². The summed E-state index contributed by atoms with van der Waals surface area (Å²) in [6.45, 7) is 0.665. The van der Waals surface area contributed by atoms with Crippen molar-refractivity contribution in [3.63, 3.8) is 0 Å². The van der Waals surface area contributed by atoms with Crippen LogP contribution >= 0.6 is 11.3 Å². The number of pyridine rings is 2. The molecule has 0 saturated carbocycles. The summed E-state index contributed by atoms with van der Waals surface area (Å²) in [7, 11) is -1.22. The molecule has 1 aliphatic rings. The Kier molecular flexibility index (Phi) is 4.29. The first kappa shape index (κ1) is 15.3. The fourth-order valence-corrected chi connectivity index (χ4v) is 4.12. The number of nitrogens with one attached hydrogen (secondary N) is 1. The number of fused-ring (bicyclic) bond motifs is 1. The predicted octanol–water partition coefficient (Wildman–Crippen LogP) is 2.94. The lowest BCUT2D eigenvalue weighted by atomic mass is 10.2. The number of aliphatic imine (C=N–C) groups is 1. The first-order chi connectivity index (χ1) is 11.8. The van der Waals surface area contributed by atoms with Crippen LogP contribution in [-0.4, -0.2) is 25.9 Å².